The molecular weight excluding hydrogens is 242 g/mol. The maximum absolute atomic E-state index is 12.5. The Bertz CT molecular complexity index is 366. The Morgan fingerprint density at radius 1 is 1.16 bits per heavy atom. The molecule has 0 aromatic heterocycles. The van der Waals surface area contributed by atoms with E-state index in [9.17, 15) is 9.59 Å². The number of amides is 2. The van der Waals surface area contributed by atoms with Crippen LogP contribution in [0.1, 0.15) is 32.1 Å². The molecule has 0 radical (unpaired) electrons. The lowest BCUT2D eigenvalue weighted by atomic mass is 9.84. The Morgan fingerprint density at radius 2 is 1.95 bits per heavy atom. The summed E-state index contributed by atoms with van der Waals surface area (Å²) >= 11 is 0. The Kier molecular flexibility index (Phi) is 3.73. The molecule has 3 aliphatic heterocycles. The van der Waals surface area contributed by atoms with Crippen molar-refractivity contribution in [1.82, 2.24) is 15.5 Å². The molecular formula is C14H23N3O2. The van der Waals surface area contributed by atoms with E-state index in [1.165, 1.54) is 0 Å². The van der Waals surface area contributed by atoms with Crippen molar-refractivity contribution in [3.05, 3.63) is 0 Å². The first kappa shape index (κ1) is 12.9. The van der Waals surface area contributed by atoms with Gasteiger partial charge in [-0.1, -0.05) is 0 Å². The highest BCUT2D eigenvalue weighted by Crippen LogP contribution is 2.27. The van der Waals surface area contributed by atoms with Crippen molar-refractivity contribution >= 4 is 11.8 Å². The van der Waals surface area contributed by atoms with Gasteiger partial charge in [-0.05, 0) is 44.7 Å². The van der Waals surface area contributed by atoms with Gasteiger partial charge in [-0.25, -0.2) is 0 Å². The lowest BCUT2D eigenvalue weighted by molar-refractivity contribution is -0.139. The molecule has 0 aromatic carbocycles. The number of likely N-dealkylation sites (tertiary alicyclic amines) is 1. The molecule has 5 nitrogen and oxygen atoms in total. The summed E-state index contributed by atoms with van der Waals surface area (Å²) in [7, 11) is 0. The van der Waals surface area contributed by atoms with Crippen LogP contribution < -0.4 is 10.6 Å². The third kappa shape index (κ3) is 2.76. The number of fused-ring (bicyclic) bond motifs is 1. The minimum absolute atomic E-state index is 0.180. The van der Waals surface area contributed by atoms with Gasteiger partial charge in [0.2, 0.25) is 11.8 Å². The predicted octanol–water partition coefficient (Wildman–Crippen LogP) is 0.113. The first-order chi connectivity index (χ1) is 9.24. The number of nitrogens with one attached hydrogen (secondary N) is 2. The Labute approximate surface area is 114 Å². The molecule has 0 aliphatic carbocycles. The molecule has 2 amide bonds. The van der Waals surface area contributed by atoms with Crippen LogP contribution in [0.3, 0.4) is 0 Å². The largest absolute Gasteiger partial charge is 0.353 e. The quantitative estimate of drug-likeness (QED) is 0.707. The van der Waals surface area contributed by atoms with Crippen LogP contribution in [-0.4, -0.2) is 48.9 Å². The number of rotatable bonds is 1. The topological polar surface area (TPSA) is 61.4 Å². The average Bonchev–Trinajstić information content (AvgIpc) is 2.47. The van der Waals surface area contributed by atoms with E-state index < -0.39 is 0 Å². The SMILES string of the molecule is O=C1CCC2CN(C(=O)C3CCNCC3)CCC2N1. The molecule has 0 spiro atoms. The van der Waals surface area contributed by atoms with Crippen LogP contribution in [0.15, 0.2) is 0 Å². The third-order valence-electron chi connectivity index (χ3n) is 4.82. The van der Waals surface area contributed by atoms with Crippen molar-refractivity contribution < 1.29 is 9.59 Å². The number of hydrogen-bond acceptors (Lipinski definition) is 3. The summed E-state index contributed by atoms with van der Waals surface area (Å²) in [5.74, 6) is 1.21. The zero-order chi connectivity index (χ0) is 13.2. The molecule has 3 aliphatic rings. The summed E-state index contributed by atoms with van der Waals surface area (Å²) in [5, 5.41) is 6.37. The van der Waals surface area contributed by atoms with Crippen LogP contribution in [0.5, 0.6) is 0 Å². The molecule has 3 fully saturated rings. The van der Waals surface area contributed by atoms with Gasteiger partial charge in [-0.3, -0.25) is 9.59 Å². The van der Waals surface area contributed by atoms with E-state index in [0.717, 1.165) is 51.9 Å². The maximum atomic E-state index is 12.5. The molecule has 5 heteroatoms. The van der Waals surface area contributed by atoms with Crippen molar-refractivity contribution in [1.29, 1.82) is 0 Å². The summed E-state index contributed by atoms with van der Waals surface area (Å²) in [6, 6.07) is 0.304. The fraction of sp³-hybridized carbons (Fsp3) is 0.857. The minimum Gasteiger partial charge on any atom is -0.353 e. The van der Waals surface area contributed by atoms with E-state index in [-0.39, 0.29) is 11.8 Å². The highest BCUT2D eigenvalue weighted by molar-refractivity contribution is 5.80. The molecule has 3 saturated heterocycles. The van der Waals surface area contributed by atoms with Gasteiger partial charge in [0, 0.05) is 31.5 Å². The van der Waals surface area contributed by atoms with Crippen LogP contribution >= 0.6 is 0 Å². The zero-order valence-corrected chi connectivity index (χ0v) is 11.4. The van der Waals surface area contributed by atoms with Crippen LogP contribution in [-0.2, 0) is 9.59 Å². The van der Waals surface area contributed by atoms with Gasteiger partial charge in [-0.15, -0.1) is 0 Å². The summed E-state index contributed by atoms with van der Waals surface area (Å²) in [6.07, 6.45) is 4.43. The van der Waals surface area contributed by atoms with Crippen LogP contribution in [0.25, 0.3) is 0 Å². The first-order valence-corrected chi connectivity index (χ1v) is 7.53. The Hall–Kier alpha value is -1.10. The molecule has 19 heavy (non-hydrogen) atoms. The second-order valence-corrected chi connectivity index (χ2v) is 6.07. The van der Waals surface area contributed by atoms with Gasteiger partial charge in [-0.2, -0.15) is 0 Å². The smallest absolute Gasteiger partial charge is 0.225 e. The predicted molar refractivity (Wildman–Crippen MR) is 71.4 cm³/mol. The van der Waals surface area contributed by atoms with Gasteiger partial charge >= 0.3 is 0 Å². The Morgan fingerprint density at radius 3 is 2.74 bits per heavy atom. The number of hydrogen-bond donors (Lipinski definition) is 2. The average molecular weight is 265 g/mol. The zero-order valence-electron chi connectivity index (χ0n) is 11.4. The summed E-state index contributed by atoms with van der Waals surface area (Å²) in [6.45, 7) is 3.58. The molecule has 2 N–H and O–H groups in total. The number of carbonyl (C=O) groups is 2. The fourth-order valence-corrected chi connectivity index (χ4v) is 3.64. The molecule has 3 rings (SSSR count). The van der Waals surface area contributed by atoms with Crippen molar-refractivity contribution in [2.75, 3.05) is 26.2 Å². The van der Waals surface area contributed by atoms with Crippen LogP contribution in [0, 0.1) is 11.8 Å². The highest BCUT2D eigenvalue weighted by Gasteiger charge is 2.36. The van der Waals surface area contributed by atoms with Crippen molar-refractivity contribution in [3.8, 4) is 0 Å². The second kappa shape index (κ2) is 5.49. The number of nitrogens with zero attached hydrogens (tertiary/aromatic N) is 1. The van der Waals surface area contributed by atoms with Crippen LogP contribution in [0.4, 0.5) is 0 Å². The van der Waals surface area contributed by atoms with Crippen LogP contribution in [0.2, 0.25) is 0 Å². The van der Waals surface area contributed by atoms with Gasteiger partial charge < -0.3 is 15.5 Å². The number of carbonyl (C=O) groups excluding carboxylic acids is 2. The van der Waals surface area contributed by atoms with E-state index in [1.807, 2.05) is 0 Å². The molecule has 3 heterocycles. The second-order valence-electron chi connectivity index (χ2n) is 6.07. The van der Waals surface area contributed by atoms with Gasteiger partial charge in [0.05, 0.1) is 0 Å². The standard InChI is InChI=1S/C14H23N3O2/c18-13-2-1-11-9-17(8-5-12(11)16-13)14(19)10-3-6-15-7-4-10/h10-12,15H,1-9H2,(H,16,18). The summed E-state index contributed by atoms with van der Waals surface area (Å²) < 4.78 is 0. The monoisotopic (exact) mass is 265 g/mol. The molecule has 2 unspecified atom stereocenters. The van der Waals surface area contributed by atoms with Crippen molar-refractivity contribution in [2.24, 2.45) is 11.8 Å². The van der Waals surface area contributed by atoms with E-state index in [2.05, 4.69) is 15.5 Å². The van der Waals surface area contributed by atoms with Gasteiger partial charge in [0.15, 0.2) is 0 Å². The van der Waals surface area contributed by atoms with Crippen molar-refractivity contribution in [3.63, 3.8) is 0 Å². The minimum atomic E-state index is 0.180. The number of piperidine rings is 3. The van der Waals surface area contributed by atoms with Crippen molar-refractivity contribution in [2.45, 2.75) is 38.1 Å². The lowest BCUT2D eigenvalue weighted by Crippen LogP contribution is -2.56. The Balaban J connectivity index is 1.58. The fourth-order valence-electron chi connectivity index (χ4n) is 3.64. The summed E-state index contributed by atoms with van der Waals surface area (Å²) in [5.41, 5.74) is 0. The molecule has 0 saturated carbocycles. The molecule has 2 atom stereocenters. The maximum Gasteiger partial charge on any atom is 0.225 e. The summed E-state index contributed by atoms with van der Waals surface area (Å²) in [4.78, 5) is 25.9. The molecule has 0 bridgehead atoms. The van der Waals surface area contributed by atoms with E-state index >= 15 is 0 Å². The van der Waals surface area contributed by atoms with Gasteiger partial charge in [0.1, 0.15) is 0 Å². The van der Waals surface area contributed by atoms with Gasteiger partial charge in [0.25, 0.3) is 0 Å². The molecule has 0 aromatic rings. The normalized spacial score (nSPS) is 32.6. The third-order valence-corrected chi connectivity index (χ3v) is 4.82. The highest BCUT2D eigenvalue weighted by atomic mass is 16.2. The lowest BCUT2D eigenvalue weighted by Gasteiger charge is -2.42. The van der Waals surface area contributed by atoms with E-state index in [0.29, 0.717) is 24.3 Å². The first-order valence-electron chi connectivity index (χ1n) is 7.53. The van der Waals surface area contributed by atoms with E-state index in [4.69, 9.17) is 0 Å². The van der Waals surface area contributed by atoms with E-state index in [1.54, 1.807) is 0 Å². The molecule has 106 valence electrons.